The van der Waals surface area contributed by atoms with Crippen LogP contribution in [0.15, 0.2) is 24.3 Å². The van der Waals surface area contributed by atoms with E-state index in [1.807, 2.05) is 6.07 Å². The first kappa shape index (κ1) is 17.4. The summed E-state index contributed by atoms with van der Waals surface area (Å²) in [5.41, 5.74) is -0.146. The highest BCUT2D eigenvalue weighted by Crippen LogP contribution is 2.23. The zero-order valence-corrected chi connectivity index (χ0v) is 12.8. The SMILES string of the molecule is CC(C)(C)OC(=O)NC(CCC#N)c1cccc([N+](=O)[O-])c1. The number of nitro groups is 1. The second kappa shape index (κ2) is 7.41. The average molecular weight is 305 g/mol. The minimum atomic E-state index is -0.646. The molecule has 1 unspecified atom stereocenters. The number of nitro benzene ring substituents is 1. The molecule has 1 atom stereocenters. The molecule has 118 valence electrons. The number of carbonyl (C=O) groups is 1. The first-order valence-electron chi connectivity index (χ1n) is 6.84. The number of amides is 1. The third-order valence-electron chi connectivity index (χ3n) is 2.72. The highest BCUT2D eigenvalue weighted by Gasteiger charge is 2.21. The number of nitrogens with zero attached hydrogens (tertiary/aromatic N) is 2. The molecule has 0 heterocycles. The van der Waals surface area contributed by atoms with E-state index in [2.05, 4.69) is 5.32 Å². The van der Waals surface area contributed by atoms with Gasteiger partial charge in [0.1, 0.15) is 5.60 Å². The quantitative estimate of drug-likeness (QED) is 0.662. The fourth-order valence-electron chi connectivity index (χ4n) is 1.84. The van der Waals surface area contributed by atoms with Gasteiger partial charge in [-0.2, -0.15) is 5.26 Å². The summed E-state index contributed by atoms with van der Waals surface area (Å²) >= 11 is 0. The summed E-state index contributed by atoms with van der Waals surface area (Å²) in [4.78, 5) is 22.2. The maximum absolute atomic E-state index is 11.9. The van der Waals surface area contributed by atoms with E-state index in [9.17, 15) is 14.9 Å². The van der Waals surface area contributed by atoms with Crippen LogP contribution >= 0.6 is 0 Å². The molecule has 0 aromatic heterocycles. The van der Waals surface area contributed by atoms with Gasteiger partial charge in [-0.3, -0.25) is 10.1 Å². The Morgan fingerprint density at radius 1 is 1.50 bits per heavy atom. The summed E-state index contributed by atoms with van der Waals surface area (Å²) < 4.78 is 5.18. The lowest BCUT2D eigenvalue weighted by Gasteiger charge is -2.23. The number of nitriles is 1. The molecule has 7 nitrogen and oxygen atoms in total. The molecule has 0 fully saturated rings. The molecule has 1 aromatic rings. The van der Waals surface area contributed by atoms with E-state index in [1.165, 1.54) is 12.1 Å². The number of non-ortho nitro benzene ring substituents is 1. The number of benzene rings is 1. The predicted molar refractivity (Wildman–Crippen MR) is 80.1 cm³/mol. The van der Waals surface area contributed by atoms with Crippen molar-refractivity contribution in [1.82, 2.24) is 5.32 Å². The predicted octanol–water partition coefficient (Wildman–Crippen LogP) is 3.46. The third kappa shape index (κ3) is 5.79. The number of alkyl carbamates (subject to hydrolysis) is 1. The smallest absolute Gasteiger partial charge is 0.408 e. The molecule has 0 bridgehead atoms. The van der Waals surface area contributed by atoms with Gasteiger partial charge in [-0.1, -0.05) is 12.1 Å². The van der Waals surface area contributed by atoms with E-state index in [4.69, 9.17) is 10.00 Å². The Morgan fingerprint density at radius 2 is 2.18 bits per heavy atom. The minimum Gasteiger partial charge on any atom is -0.444 e. The molecule has 1 rings (SSSR count). The first-order valence-corrected chi connectivity index (χ1v) is 6.84. The number of rotatable bonds is 5. The first-order chi connectivity index (χ1) is 10.2. The lowest BCUT2D eigenvalue weighted by atomic mass is 10.0. The number of hydrogen-bond donors (Lipinski definition) is 1. The summed E-state index contributed by atoms with van der Waals surface area (Å²) in [6.45, 7) is 5.22. The van der Waals surface area contributed by atoms with Crippen molar-refractivity contribution in [3.63, 3.8) is 0 Å². The molecular formula is C15H19N3O4. The van der Waals surface area contributed by atoms with Crippen LogP contribution in [0.3, 0.4) is 0 Å². The number of carbonyl (C=O) groups excluding carboxylic acids is 1. The standard InChI is InChI=1S/C15H19N3O4/c1-15(2,3)22-14(19)17-13(8-5-9-16)11-6-4-7-12(10-11)18(20)21/h4,6-7,10,13H,5,8H2,1-3H3,(H,17,19). The van der Waals surface area contributed by atoms with Crippen LogP contribution in [0.4, 0.5) is 10.5 Å². The molecule has 0 saturated carbocycles. The van der Waals surface area contributed by atoms with Gasteiger partial charge in [-0.15, -0.1) is 0 Å². The van der Waals surface area contributed by atoms with Crippen LogP contribution in [0, 0.1) is 21.4 Å². The van der Waals surface area contributed by atoms with E-state index in [0.717, 1.165) is 0 Å². The van der Waals surface area contributed by atoms with Gasteiger partial charge in [0.25, 0.3) is 5.69 Å². The van der Waals surface area contributed by atoms with Gasteiger partial charge < -0.3 is 10.1 Å². The van der Waals surface area contributed by atoms with Crippen molar-refractivity contribution < 1.29 is 14.5 Å². The third-order valence-corrected chi connectivity index (χ3v) is 2.72. The zero-order valence-electron chi connectivity index (χ0n) is 12.8. The van der Waals surface area contributed by atoms with Crippen LogP contribution in [0.1, 0.15) is 45.2 Å². The number of nitrogens with one attached hydrogen (secondary N) is 1. The Morgan fingerprint density at radius 3 is 2.73 bits per heavy atom. The van der Waals surface area contributed by atoms with Crippen molar-refractivity contribution in [3.05, 3.63) is 39.9 Å². The van der Waals surface area contributed by atoms with Crippen molar-refractivity contribution in [2.45, 2.75) is 45.3 Å². The van der Waals surface area contributed by atoms with Crippen LogP contribution in [0.25, 0.3) is 0 Å². The molecule has 1 aromatic carbocycles. The summed E-state index contributed by atoms with van der Waals surface area (Å²) in [7, 11) is 0. The minimum absolute atomic E-state index is 0.0644. The van der Waals surface area contributed by atoms with Crippen LogP contribution < -0.4 is 5.32 Å². The van der Waals surface area contributed by atoms with Crippen molar-refractivity contribution in [2.75, 3.05) is 0 Å². The fraction of sp³-hybridized carbons (Fsp3) is 0.467. The number of ether oxygens (including phenoxy) is 1. The summed E-state index contributed by atoms with van der Waals surface area (Å²) in [5, 5.41) is 22.2. The van der Waals surface area contributed by atoms with Crippen LogP contribution in [-0.4, -0.2) is 16.6 Å². The number of hydrogen-bond acceptors (Lipinski definition) is 5. The molecule has 0 saturated heterocycles. The van der Waals surface area contributed by atoms with Crippen molar-refractivity contribution >= 4 is 11.8 Å². The van der Waals surface area contributed by atoms with Gasteiger partial charge in [-0.05, 0) is 32.8 Å². The molecule has 0 aliphatic carbocycles. The van der Waals surface area contributed by atoms with E-state index in [0.29, 0.717) is 12.0 Å². The second-order valence-corrected chi connectivity index (χ2v) is 5.75. The van der Waals surface area contributed by atoms with E-state index < -0.39 is 22.7 Å². The largest absolute Gasteiger partial charge is 0.444 e. The van der Waals surface area contributed by atoms with Crippen molar-refractivity contribution in [3.8, 4) is 6.07 Å². The fourth-order valence-corrected chi connectivity index (χ4v) is 1.84. The molecule has 22 heavy (non-hydrogen) atoms. The summed E-state index contributed by atoms with van der Waals surface area (Å²) in [6, 6.07) is 7.46. The molecule has 7 heteroatoms. The molecule has 1 N–H and O–H groups in total. The Kier molecular flexibility index (Phi) is 5.87. The van der Waals surface area contributed by atoms with E-state index in [1.54, 1.807) is 32.9 Å². The Balaban J connectivity index is 2.93. The van der Waals surface area contributed by atoms with Gasteiger partial charge in [-0.25, -0.2) is 4.79 Å². The summed E-state index contributed by atoms with van der Waals surface area (Å²) in [6.07, 6.45) is -0.0676. The topological polar surface area (TPSA) is 105 Å². The van der Waals surface area contributed by atoms with Crippen molar-refractivity contribution in [1.29, 1.82) is 5.26 Å². The van der Waals surface area contributed by atoms with Crippen LogP contribution in [-0.2, 0) is 4.74 Å². The van der Waals surface area contributed by atoms with Gasteiger partial charge in [0.2, 0.25) is 0 Å². The Hall–Kier alpha value is -2.62. The van der Waals surface area contributed by atoms with Gasteiger partial charge in [0.05, 0.1) is 17.0 Å². The molecule has 0 aliphatic rings. The second-order valence-electron chi connectivity index (χ2n) is 5.75. The van der Waals surface area contributed by atoms with E-state index in [-0.39, 0.29) is 12.1 Å². The molecule has 0 aliphatic heterocycles. The van der Waals surface area contributed by atoms with Crippen molar-refractivity contribution in [2.24, 2.45) is 0 Å². The Labute approximate surface area is 129 Å². The highest BCUT2D eigenvalue weighted by molar-refractivity contribution is 5.68. The molecule has 1 amide bonds. The lowest BCUT2D eigenvalue weighted by molar-refractivity contribution is -0.384. The molecule has 0 spiro atoms. The zero-order chi connectivity index (χ0) is 16.8. The molecular weight excluding hydrogens is 286 g/mol. The maximum atomic E-state index is 11.9. The van der Waals surface area contributed by atoms with Gasteiger partial charge in [0, 0.05) is 18.6 Å². The van der Waals surface area contributed by atoms with Crippen LogP contribution in [0.2, 0.25) is 0 Å². The van der Waals surface area contributed by atoms with Crippen LogP contribution in [0.5, 0.6) is 0 Å². The molecule has 0 radical (unpaired) electrons. The Bertz CT molecular complexity index is 587. The average Bonchev–Trinajstić information content (AvgIpc) is 2.41. The maximum Gasteiger partial charge on any atom is 0.408 e. The highest BCUT2D eigenvalue weighted by atomic mass is 16.6. The summed E-state index contributed by atoms with van der Waals surface area (Å²) in [5.74, 6) is 0. The monoisotopic (exact) mass is 305 g/mol. The van der Waals surface area contributed by atoms with Gasteiger partial charge in [0.15, 0.2) is 0 Å². The van der Waals surface area contributed by atoms with E-state index >= 15 is 0 Å². The van der Waals surface area contributed by atoms with Gasteiger partial charge >= 0.3 is 6.09 Å². The normalized spacial score (nSPS) is 12.1. The lowest BCUT2D eigenvalue weighted by Crippen LogP contribution is -2.35.